The van der Waals surface area contributed by atoms with Crippen LogP contribution in [-0.2, 0) is 13.0 Å². The average molecular weight is 337 g/mol. The first-order valence-corrected chi connectivity index (χ1v) is 8.77. The number of benzene rings is 1. The highest BCUT2D eigenvalue weighted by atomic mass is 16.5. The number of likely N-dealkylation sites (tertiary alicyclic amines) is 1. The molecule has 0 amide bonds. The fourth-order valence-corrected chi connectivity index (χ4v) is 3.71. The van der Waals surface area contributed by atoms with Crippen molar-refractivity contribution < 1.29 is 9.63 Å². The van der Waals surface area contributed by atoms with E-state index in [1.807, 2.05) is 32.0 Å². The molecular weight excluding hydrogens is 314 g/mol. The molecule has 2 aromatic heterocycles. The van der Waals surface area contributed by atoms with Crippen LogP contribution in [0.15, 0.2) is 40.9 Å². The fourth-order valence-electron chi connectivity index (χ4n) is 3.71. The van der Waals surface area contributed by atoms with Crippen LogP contribution in [-0.4, -0.2) is 39.3 Å². The maximum atomic E-state index is 10.5. The van der Waals surface area contributed by atoms with E-state index in [1.54, 1.807) is 0 Å². The van der Waals surface area contributed by atoms with Crippen molar-refractivity contribution in [3.05, 3.63) is 59.1 Å². The van der Waals surface area contributed by atoms with Gasteiger partial charge in [0.1, 0.15) is 5.76 Å². The molecule has 5 nitrogen and oxygen atoms in total. The van der Waals surface area contributed by atoms with Crippen LogP contribution < -0.4 is 0 Å². The average Bonchev–Trinajstić information content (AvgIpc) is 3.11. The maximum Gasteiger partial charge on any atom is 0.138 e. The molecule has 0 saturated carbocycles. The van der Waals surface area contributed by atoms with Crippen molar-refractivity contribution in [3.63, 3.8) is 0 Å². The van der Waals surface area contributed by atoms with E-state index >= 15 is 0 Å². The van der Waals surface area contributed by atoms with Gasteiger partial charge in [-0.15, -0.1) is 0 Å². The molecule has 5 heteroatoms. The van der Waals surface area contributed by atoms with Gasteiger partial charge in [-0.05, 0) is 32.4 Å². The molecule has 4 rings (SSSR count). The topological polar surface area (TPSA) is 62.4 Å². The normalized spacial score (nSPS) is 21.2. The van der Waals surface area contributed by atoms with Gasteiger partial charge in [-0.25, -0.2) is 0 Å². The summed E-state index contributed by atoms with van der Waals surface area (Å²) in [6.45, 7) is 6.23. The van der Waals surface area contributed by atoms with Gasteiger partial charge in [0.05, 0.1) is 17.3 Å². The predicted octanol–water partition coefficient (Wildman–Crippen LogP) is 2.88. The van der Waals surface area contributed by atoms with E-state index in [9.17, 15) is 5.11 Å². The highest BCUT2D eigenvalue weighted by Gasteiger charge is 2.32. The van der Waals surface area contributed by atoms with E-state index in [2.05, 4.69) is 28.3 Å². The Hall–Kier alpha value is -2.24. The Morgan fingerprint density at radius 2 is 2.00 bits per heavy atom. The largest absolute Gasteiger partial charge is 0.391 e. The number of nitrogens with zero attached hydrogens (tertiary/aromatic N) is 3. The van der Waals surface area contributed by atoms with Gasteiger partial charge < -0.3 is 9.63 Å². The number of β-amino-alcohol motifs (C(OH)–C–C–N with tert-alkyl or cyclic N) is 1. The molecule has 3 aromatic rings. The molecule has 1 fully saturated rings. The van der Waals surface area contributed by atoms with Gasteiger partial charge in [0.25, 0.3) is 0 Å². The number of aryl methyl sites for hydroxylation is 2. The van der Waals surface area contributed by atoms with Gasteiger partial charge in [0.15, 0.2) is 0 Å². The lowest BCUT2D eigenvalue weighted by Gasteiger charge is -2.15. The predicted molar refractivity (Wildman–Crippen MR) is 96.2 cm³/mol. The zero-order chi connectivity index (χ0) is 17.4. The Balaban J connectivity index is 1.45. The van der Waals surface area contributed by atoms with Crippen LogP contribution in [0.4, 0.5) is 0 Å². The lowest BCUT2D eigenvalue weighted by molar-refractivity contribution is 0.140. The minimum absolute atomic E-state index is 0.203. The maximum absolute atomic E-state index is 10.5. The quantitative estimate of drug-likeness (QED) is 0.793. The number of fused-ring (bicyclic) bond motifs is 1. The van der Waals surface area contributed by atoms with Crippen LogP contribution in [0, 0.1) is 19.8 Å². The molecule has 0 aliphatic carbocycles. The van der Waals surface area contributed by atoms with Gasteiger partial charge in [0, 0.05) is 42.2 Å². The molecule has 1 N–H and O–H groups in total. The van der Waals surface area contributed by atoms with E-state index in [-0.39, 0.29) is 12.0 Å². The van der Waals surface area contributed by atoms with Crippen LogP contribution in [0.3, 0.4) is 0 Å². The second-order valence-corrected chi connectivity index (χ2v) is 7.02. The number of hydrogen-bond donors (Lipinski definition) is 1. The monoisotopic (exact) mass is 337 g/mol. The summed E-state index contributed by atoms with van der Waals surface area (Å²) in [5, 5.41) is 15.7. The number of hydrogen-bond acceptors (Lipinski definition) is 5. The number of rotatable bonds is 4. The molecule has 0 radical (unpaired) electrons. The Kier molecular flexibility index (Phi) is 4.27. The van der Waals surface area contributed by atoms with Gasteiger partial charge >= 0.3 is 0 Å². The molecule has 0 bridgehead atoms. The third-order valence-electron chi connectivity index (χ3n) is 5.17. The Morgan fingerprint density at radius 3 is 2.80 bits per heavy atom. The van der Waals surface area contributed by atoms with Crippen molar-refractivity contribution in [2.45, 2.75) is 32.9 Å². The lowest BCUT2D eigenvalue weighted by Crippen LogP contribution is -2.22. The standard InChI is InChI=1S/C20H23N3O2/c1-13-18(14(2)25-22-13)11-23-10-16(20(24)12-23)9-17-8-7-15-5-3-4-6-19(15)21-17/h3-8,16,20,24H,9-12H2,1-2H3/t16-,20-/m1/s1. The summed E-state index contributed by atoms with van der Waals surface area (Å²) in [6.07, 6.45) is 0.470. The van der Waals surface area contributed by atoms with E-state index in [1.165, 1.54) is 0 Å². The number of aliphatic hydroxyl groups excluding tert-OH is 1. The first-order valence-electron chi connectivity index (χ1n) is 8.77. The number of para-hydroxylation sites is 1. The highest BCUT2D eigenvalue weighted by molar-refractivity contribution is 5.78. The van der Waals surface area contributed by atoms with Crippen LogP contribution in [0.2, 0.25) is 0 Å². The molecule has 1 saturated heterocycles. The molecule has 130 valence electrons. The summed E-state index contributed by atoms with van der Waals surface area (Å²) >= 11 is 0. The van der Waals surface area contributed by atoms with Gasteiger partial charge in [-0.3, -0.25) is 9.88 Å². The summed E-state index contributed by atoms with van der Waals surface area (Å²) in [5.41, 5.74) is 4.13. The van der Waals surface area contributed by atoms with Gasteiger partial charge in [0.2, 0.25) is 0 Å². The smallest absolute Gasteiger partial charge is 0.138 e. The SMILES string of the molecule is Cc1noc(C)c1CN1C[C@@H](Cc2ccc3ccccc3n2)[C@H](O)C1. The van der Waals surface area contributed by atoms with Crippen molar-refractivity contribution in [2.24, 2.45) is 5.92 Å². The summed E-state index contributed by atoms with van der Waals surface area (Å²) in [5.74, 6) is 1.07. The lowest BCUT2D eigenvalue weighted by atomic mass is 9.99. The van der Waals surface area contributed by atoms with E-state index in [0.29, 0.717) is 6.54 Å². The first-order chi connectivity index (χ1) is 12.1. The number of aromatic nitrogens is 2. The Morgan fingerprint density at radius 1 is 1.16 bits per heavy atom. The van der Waals surface area contributed by atoms with E-state index < -0.39 is 0 Å². The molecular formula is C20H23N3O2. The van der Waals surface area contributed by atoms with Gasteiger partial charge in [-0.2, -0.15) is 0 Å². The van der Waals surface area contributed by atoms with Crippen molar-refractivity contribution >= 4 is 10.9 Å². The third kappa shape index (κ3) is 3.30. The first kappa shape index (κ1) is 16.2. The molecule has 1 aromatic carbocycles. The third-order valence-corrected chi connectivity index (χ3v) is 5.17. The summed E-state index contributed by atoms with van der Waals surface area (Å²) < 4.78 is 5.25. The Bertz CT molecular complexity index is 870. The molecule has 25 heavy (non-hydrogen) atoms. The van der Waals surface area contributed by atoms with Crippen LogP contribution in [0.5, 0.6) is 0 Å². The minimum Gasteiger partial charge on any atom is -0.391 e. The summed E-state index contributed by atoms with van der Waals surface area (Å²) in [6, 6.07) is 12.3. The fraction of sp³-hybridized carbons (Fsp3) is 0.400. The molecule has 1 aliphatic heterocycles. The summed E-state index contributed by atoms with van der Waals surface area (Å²) in [7, 11) is 0. The van der Waals surface area contributed by atoms with Crippen molar-refractivity contribution in [3.8, 4) is 0 Å². The molecule has 2 atom stereocenters. The highest BCUT2D eigenvalue weighted by Crippen LogP contribution is 2.25. The van der Waals surface area contributed by atoms with Crippen LogP contribution in [0.25, 0.3) is 10.9 Å². The molecule has 1 aliphatic rings. The second-order valence-electron chi connectivity index (χ2n) is 7.02. The van der Waals surface area contributed by atoms with Crippen LogP contribution >= 0.6 is 0 Å². The molecule has 3 heterocycles. The summed E-state index contributed by atoms with van der Waals surface area (Å²) in [4.78, 5) is 7.03. The van der Waals surface area contributed by atoms with E-state index in [4.69, 9.17) is 9.51 Å². The second kappa shape index (κ2) is 6.58. The number of pyridine rings is 1. The van der Waals surface area contributed by atoms with Crippen molar-refractivity contribution in [2.75, 3.05) is 13.1 Å². The zero-order valence-electron chi connectivity index (χ0n) is 14.6. The van der Waals surface area contributed by atoms with Crippen LogP contribution in [0.1, 0.15) is 22.7 Å². The van der Waals surface area contributed by atoms with Crippen molar-refractivity contribution in [1.29, 1.82) is 0 Å². The van der Waals surface area contributed by atoms with Gasteiger partial charge in [-0.1, -0.05) is 29.4 Å². The molecule has 0 unspecified atom stereocenters. The van der Waals surface area contributed by atoms with E-state index in [0.717, 1.165) is 53.1 Å². The zero-order valence-corrected chi connectivity index (χ0v) is 14.6. The number of aliphatic hydroxyl groups is 1. The minimum atomic E-state index is -0.325. The van der Waals surface area contributed by atoms with Crippen molar-refractivity contribution in [1.82, 2.24) is 15.0 Å². The molecule has 0 spiro atoms. The Labute approximate surface area is 147 Å².